The van der Waals surface area contributed by atoms with E-state index in [2.05, 4.69) is 25.7 Å². The molecule has 2 nitrogen and oxygen atoms in total. The molecule has 1 aliphatic rings. The van der Waals surface area contributed by atoms with Crippen molar-refractivity contribution < 1.29 is 9.50 Å². The van der Waals surface area contributed by atoms with Crippen molar-refractivity contribution in [2.75, 3.05) is 6.54 Å². The Bertz CT molecular complexity index is 421. The maximum atomic E-state index is 13.3. The number of nitrogens with zero attached hydrogens (tertiary/aromatic N) is 1. The number of halogens is 1. The molecule has 0 aromatic heterocycles. The molecule has 1 N–H and O–H groups in total. The summed E-state index contributed by atoms with van der Waals surface area (Å²) in [4.78, 5) is 2.41. The minimum Gasteiger partial charge on any atom is -0.505 e. The molecule has 2 rings (SSSR count). The SMILES string of the molecule is CC1CC(C)C(C)N(Cc2ccc(O)c(F)c2)C1. The third-order valence-corrected chi connectivity index (χ3v) is 4.12. The van der Waals surface area contributed by atoms with Gasteiger partial charge >= 0.3 is 0 Å². The second-order valence-corrected chi connectivity index (χ2v) is 5.77. The number of piperidine rings is 1. The molecule has 0 radical (unpaired) electrons. The third-order valence-electron chi connectivity index (χ3n) is 4.12. The second kappa shape index (κ2) is 5.27. The quantitative estimate of drug-likeness (QED) is 0.870. The lowest BCUT2D eigenvalue weighted by atomic mass is 9.86. The Labute approximate surface area is 108 Å². The van der Waals surface area contributed by atoms with Gasteiger partial charge in [0.1, 0.15) is 0 Å². The number of likely N-dealkylation sites (tertiary alicyclic amines) is 1. The summed E-state index contributed by atoms with van der Waals surface area (Å²) in [5, 5.41) is 9.20. The van der Waals surface area contributed by atoms with E-state index in [1.807, 2.05) is 0 Å². The highest BCUT2D eigenvalue weighted by atomic mass is 19.1. The van der Waals surface area contributed by atoms with Crippen molar-refractivity contribution in [1.82, 2.24) is 4.90 Å². The van der Waals surface area contributed by atoms with Crippen LogP contribution in [0.4, 0.5) is 4.39 Å². The lowest BCUT2D eigenvalue weighted by Crippen LogP contribution is -2.45. The van der Waals surface area contributed by atoms with Crippen LogP contribution >= 0.6 is 0 Å². The first-order valence-electron chi connectivity index (χ1n) is 6.68. The first kappa shape index (κ1) is 13.3. The van der Waals surface area contributed by atoms with Crippen LogP contribution in [-0.4, -0.2) is 22.6 Å². The van der Waals surface area contributed by atoms with E-state index in [9.17, 15) is 9.50 Å². The van der Waals surface area contributed by atoms with Crippen molar-refractivity contribution in [3.63, 3.8) is 0 Å². The van der Waals surface area contributed by atoms with E-state index in [-0.39, 0.29) is 5.75 Å². The van der Waals surface area contributed by atoms with Gasteiger partial charge in [-0.2, -0.15) is 0 Å². The molecular weight excluding hydrogens is 229 g/mol. The summed E-state index contributed by atoms with van der Waals surface area (Å²) in [7, 11) is 0. The van der Waals surface area contributed by atoms with Gasteiger partial charge in [0.15, 0.2) is 11.6 Å². The van der Waals surface area contributed by atoms with Crippen molar-refractivity contribution in [3.8, 4) is 5.75 Å². The van der Waals surface area contributed by atoms with E-state index in [1.54, 1.807) is 6.07 Å². The average molecular weight is 251 g/mol. The summed E-state index contributed by atoms with van der Waals surface area (Å²) in [6, 6.07) is 5.20. The van der Waals surface area contributed by atoms with E-state index >= 15 is 0 Å². The maximum Gasteiger partial charge on any atom is 0.165 e. The average Bonchev–Trinajstić information content (AvgIpc) is 2.30. The molecule has 100 valence electrons. The van der Waals surface area contributed by atoms with Gasteiger partial charge in [-0.25, -0.2) is 4.39 Å². The van der Waals surface area contributed by atoms with E-state index in [0.717, 1.165) is 18.7 Å². The molecule has 0 aliphatic carbocycles. The molecule has 1 heterocycles. The largest absolute Gasteiger partial charge is 0.505 e. The van der Waals surface area contributed by atoms with Gasteiger partial charge in [-0.1, -0.05) is 19.9 Å². The molecule has 1 saturated heterocycles. The van der Waals surface area contributed by atoms with Crippen LogP contribution in [0.1, 0.15) is 32.8 Å². The normalized spacial score (nSPS) is 29.4. The van der Waals surface area contributed by atoms with Gasteiger partial charge in [0.05, 0.1) is 0 Å². The number of hydrogen-bond acceptors (Lipinski definition) is 2. The summed E-state index contributed by atoms with van der Waals surface area (Å²) < 4.78 is 13.3. The predicted octanol–water partition coefficient (Wildman–Crippen LogP) is 3.40. The molecule has 1 fully saturated rings. The molecule has 1 aromatic rings. The lowest BCUT2D eigenvalue weighted by molar-refractivity contribution is 0.0728. The van der Waals surface area contributed by atoms with Gasteiger partial charge in [-0.05, 0) is 42.9 Å². The Morgan fingerprint density at radius 2 is 2.06 bits per heavy atom. The highest BCUT2D eigenvalue weighted by Gasteiger charge is 2.28. The maximum absolute atomic E-state index is 13.3. The highest BCUT2D eigenvalue weighted by Crippen LogP contribution is 2.28. The van der Waals surface area contributed by atoms with Gasteiger partial charge in [-0.15, -0.1) is 0 Å². The summed E-state index contributed by atoms with van der Waals surface area (Å²) >= 11 is 0. The zero-order valence-electron chi connectivity index (χ0n) is 11.4. The number of phenolic OH excluding ortho intramolecular Hbond substituents is 1. The first-order valence-corrected chi connectivity index (χ1v) is 6.68. The molecule has 18 heavy (non-hydrogen) atoms. The molecule has 3 unspecified atom stereocenters. The van der Waals surface area contributed by atoms with Crippen LogP contribution in [0.5, 0.6) is 5.75 Å². The topological polar surface area (TPSA) is 23.5 Å². The Kier molecular flexibility index (Phi) is 3.91. The fraction of sp³-hybridized carbons (Fsp3) is 0.600. The van der Waals surface area contributed by atoms with Crippen LogP contribution in [0, 0.1) is 17.7 Å². The fourth-order valence-electron chi connectivity index (χ4n) is 2.92. The van der Waals surface area contributed by atoms with Crippen molar-refractivity contribution in [2.24, 2.45) is 11.8 Å². The van der Waals surface area contributed by atoms with Crippen LogP contribution in [0.25, 0.3) is 0 Å². The van der Waals surface area contributed by atoms with Gasteiger partial charge in [0.2, 0.25) is 0 Å². The molecule has 0 spiro atoms. The number of aromatic hydroxyl groups is 1. The summed E-state index contributed by atoms with van der Waals surface area (Å²) in [5.74, 6) is 0.569. The summed E-state index contributed by atoms with van der Waals surface area (Å²) in [5.41, 5.74) is 0.929. The number of benzene rings is 1. The fourth-order valence-corrected chi connectivity index (χ4v) is 2.92. The highest BCUT2D eigenvalue weighted by molar-refractivity contribution is 5.28. The van der Waals surface area contributed by atoms with Crippen LogP contribution < -0.4 is 0 Å². The number of hydrogen-bond donors (Lipinski definition) is 1. The Morgan fingerprint density at radius 3 is 2.72 bits per heavy atom. The molecular formula is C15H22FNO. The predicted molar refractivity (Wildman–Crippen MR) is 70.9 cm³/mol. The van der Waals surface area contributed by atoms with E-state index in [4.69, 9.17) is 0 Å². The molecule has 3 atom stereocenters. The van der Waals surface area contributed by atoms with Crippen molar-refractivity contribution in [3.05, 3.63) is 29.6 Å². The molecule has 0 saturated carbocycles. The van der Waals surface area contributed by atoms with E-state index in [0.29, 0.717) is 17.9 Å². The van der Waals surface area contributed by atoms with E-state index in [1.165, 1.54) is 18.6 Å². The zero-order chi connectivity index (χ0) is 13.3. The molecule has 3 heteroatoms. The molecule has 1 aromatic carbocycles. The van der Waals surface area contributed by atoms with Gasteiger partial charge in [0, 0.05) is 19.1 Å². The van der Waals surface area contributed by atoms with E-state index < -0.39 is 5.82 Å². The monoisotopic (exact) mass is 251 g/mol. The third kappa shape index (κ3) is 2.83. The second-order valence-electron chi connectivity index (χ2n) is 5.77. The minimum absolute atomic E-state index is 0.271. The standard InChI is InChI=1S/C15H22FNO/c1-10-6-11(2)12(3)17(8-10)9-13-4-5-15(18)14(16)7-13/h4-5,7,10-12,18H,6,8-9H2,1-3H3. The number of rotatable bonds is 2. The van der Waals surface area contributed by atoms with Crippen LogP contribution in [0.3, 0.4) is 0 Å². The Morgan fingerprint density at radius 1 is 1.33 bits per heavy atom. The zero-order valence-corrected chi connectivity index (χ0v) is 11.4. The Hall–Kier alpha value is -1.09. The summed E-state index contributed by atoms with van der Waals surface area (Å²) in [6.45, 7) is 8.62. The van der Waals surface area contributed by atoms with Crippen molar-refractivity contribution in [1.29, 1.82) is 0 Å². The van der Waals surface area contributed by atoms with Crippen molar-refractivity contribution in [2.45, 2.75) is 39.8 Å². The van der Waals surface area contributed by atoms with Crippen LogP contribution in [0.2, 0.25) is 0 Å². The molecule has 1 aliphatic heterocycles. The van der Waals surface area contributed by atoms with Gasteiger partial charge < -0.3 is 5.11 Å². The number of phenols is 1. The summed E-state index contributed by atoms with van der Waals surface area (Å²) in [6.07, 6.45) is 1.27. The van der Waals surface area contributed by atoms with Crippen LogP contribution in [0.15, 0.2) is 18.2 Å². The van der Waals surface area contributed by atoms with Crippen molar-refractivity contribution >= 4 is 0 Å². The van der Waals surface area contributed by atoms with Crippen LogP contribution in [-0.2, 0) is 6.54 Å². The van der Waals surface area contributed by atoms with Gasteiger partial charge in [0.25, 0.3) is 0 Å². The lowest BCUT2D eigenvalue weighted by Gasteiger charge is -2.41. The Balaban J connectivity index is 2.09. The first-order chi connectivity index (χ1) is 8.47. The minimum atomic E-state index is -0.529. The molecule has 0 bridgehead atoms. The smallest absolute Gasteiger partial charge is 0.165 e. The van der Waals surface area contributed by atoms with Gasteiger partial charge in [-0.3, -0.25) is 4.90 Å². The molecule has 0 amide bonds.